The SMILES string of the molecule is CCn1c(=O)c2ccc(cc2)c(=O)n(CC)c2ccc(cc2)c2cccc(c2)c2ccc(cc2)n(CC)c(=O)c2ccc(cc2)c(=O)n(CC)c2ccc(cc2)c2cccc(c2)c2ccc1cc2. The molecule has 0 N–H and O–H groups in total. The zero-order chi connectivity index (χ0) is 47.3. The van der Waals surface area contributed by atoms with Gasteiger partial charge in [-0.15, -0.1) is 0 Å². The summed E-state index contributed by atoms with van der Waals surface area (Å²) in [4.78, 5) is 55.7. The highest BCUT2D eigenvalue weighted by molar-refractivity contribution is 5.93. The first-order valence-electron chi connectivity index (χ1n) is 23.3. The molecule has 8 aromatic carbocycles. The van der Waals surface area contributed by atoms with E-state index in [4.69, 9.17) is 0 Å². The van der Waals surface area contributed by atoms with Crippen LogP contribution in [-0.2, 0) is 26.2 Å². The number of nitrogens with zero attached hydrogens (tertiary/aromatic N) is 4. The minimum atomic E-state index is -0.149. The predicted molar refractivity (Wildman–Crippen MR) is 286 cm³/mol. The van der Waals surface area contributed by atoms with E-state index in [0.29, 0.717) is 47.7 Å². The Morgan fingerprint density at radius 3 is 0.588 bits per heavy atom. The Bertz CT molecular complexity index is 3440. The van der Waals surface area contributed by atoms with E-state index in [0.717, 1.165) is 65.2 Å². The van der Waals surface area contributed by atoms with Gasteiger partial charge in [0.25, 0.3) is 22.2 Å². The molecule has 0 spiro atoms. The third-order valence-electron chi connectivity index (χ3n) is 12.8. The first-order valence-corrected chi connectivity index (χ1v) is 23.3. The summed E-state index contributed by atoms with van der Waals surface area (Å²) in [6, 6.07) is 62.4. The van der Waals surface area contributed by atoms with Crippen LogP contribution in [0.2, 0.25) is 0 Å². The molecule has 18 rings (SSSR count). The van der Waals surface area contributed by atoms with E-state index >= 15 is 0 Å². The summed E-state index contributed by atoms with van der Waals surface area (Å²) in [5.74, 6) is 0. The van der Waals surface area contributed by atoms with Gasteiger partial charge in [-0.3, -0.25) is 19.2 Å². The molecule has 0 radical (unpaired) electrons. The van der Waals surface area contributed by atoms with E-state index in [9.17, 15) is 19.2 Å². The summed E-state index contributed by atoms with van der Waals surface area (Å²) in [6.07, 6.45) is 0. The van der Waals surface area contributed by atoms with Crippen LogP contribution in [0.3, 0.4) is 0 Å². The van der Waals surface area contributed by atoms with Crippen molar-refractivity contribution in [1.29, 1.82) is 0 Å². The van der Waals surface area contributed by atoms with Gasteiger partial charge in [0.15, 0.2) is 0 Å². The highest BCUT2D eigenvalue weighted by atomic mass is 16.1. The largest absolute Gasteiger partial charge is 0.309 e. The van der Waals surface area contributed by atoms with Gasteiger partial charge in [-0.2, -0.15) is 0 Å². The first-order chi connectivity index (χ1) is 33.2. The van der Waals surface area contributed by atoms with Crippen LogP contribution in [0.25, 0.3) is 86.7 Å². The average Bonchev–Trinajstić information content (AvgIpc) is 3.40. The maximum absolute atomic E-state index is 13.9. The van der Waals surface area contributed by atoms with E-state index < -0.39 is 0 Å². The van der Waals surface area contributed by atoms with Crippen molar-refractivity contribution in [3.05, 3.63) is 236 Å². The highest BCUT2D eigenvalue weighted by Crippen LogP contribution is 2.21. The van der Waals surface area contributed by atoms with Crippen LogP contribution in [-0.4, -0.2) is 18.3 Å². The van der Waals surface area contributed by atoms with E-state index in [1.165, 1.54) is 0 Å². The maximum atomic E-state index is 13.9. The normalized spacial score (nSPS) is 11.1. The fourth-order valence-electron chi connectivity index (χ4n) is 9.00. The lowest BCUT2D eigenvalue weighted by molar-refractivity contribution is 0.764. The molecule has 10 aromatic heterocycles. The number of aromatic nitrogens is 4. The second-order valence-electron chi connectivity index (χ2n) is 16.7. The molecule has 0 unspecified atom stereocenters. The zero-order valence-electron chi connectivity index (χ0n) is 38.7. The molecule has 0 saturated heterocycles. The van der Waals surface area contributed by atoms with E-state index in [1.54, 1.807) is 66.8 Å². The van der Waals surface area contributed by atoms with Gasteiger partial charge in [0.2, 0.25) is 0 Å². The molecule has 0 amide bonds. The van der Waals surface area contributed by atoms with Gasteiger partial charge in [-0.1, -0.05) is 84.9 Å². The van der Waals surface area contributed by atoms with Gasteiger partial charge < -0.3 is 18.3 Å². The Labute approximate surface area is 392 Å². The van der Waals surface area contributed by atoms with Crippen molar-refractivity contribution in [3.8, 4) is 0 Å². The summed E-state index contributed by atoms with van der Waals surface area (Å²) in [5, 5.41) is 10.1. The second-order valence-corrected chi connectivity index (χ2v) is 16.7. The maximum Gasteiger partial charge on any atom is 0.258 e. The molecule has 0 saturated carbocycles. The Hall–Kier alpha value is -8.36. The molecule has 0 aliphatic rings. The van der Waals surface area contributed by atoms with Crippen LogP contribution in [0, 0.1) is 0 Å². The third kappa shape index (κ3) is 8.96. The van der Waals surface area contributed by atoms with Crippen LogP contribution in [0.4, 0.5) is 0 Å². The van der Waals surface area contributed by atoms with Gasteiger partial charge >= 0.3 is 0 Å². The summed E-state index contributed by atoms with van der Waals surface area (Å²) >= 11 is 0. The monoisotopic (exact) mass is 892 g/mol. The molecular formula is C60H52N4O4. The molecular weight excluding hydrogens is 841 g/mol. The molecule has 8 heteroatoms. The lowest BCUT2D eigenvalue weighted by atomic mass is 10.1. The van der Waals surface area contributed by atoms with Crippen LogP contribution < -0.4 is 22.2 Å². The summed E-state index contributed by atoms with van der Waals surface area (Å²) in [6.45, 7) is 9.67. The second kappa shape index (κ2) is 19.6. The highest BCUT2D eigenvalue weighted by Gasteiger charge is 2.04. The minimum absolute atomic E-state index is 0.149. The van der Waals surface area contributed by atoms with Crippen molar-refractivity contribution in [1.82, 2.24) is 18.3 Å². The lowest BCUT2D eigenvalue weighted by Crippen LogP contribution is -2.18. The molecule has 10 heterocycles. The average molecular weight is 893 g/mol. The van der Waals surface area contributed by atoms with Crippen LogP contribution in [0.5, 0.6) is 0 Å². The molecule has 0 aliphatic heterocycles. The Morgan fingerprint density at radius 1 is 0.235 bits per heavy atom. The minimum Gasteiger partial charge on any atom is -0.309 e. The Kier molecular flexibility index (Phi) is 12.9. The number of hydrogen-bond donors (Lipinski definition) is 0. The van der Waals surface area contributed by atoms with Gasteiger partial charge in [0, 0.05) is 69.8 Å². The van der Waals surface area contributed by atoms with Gasteiger partial charge in [-0.05, 0) is 180 Å². The molecule has 0 fully saturated rings. The van der Waals surface area contributed by atoms with Crippen molar-refractivity contribution in [2.45, 2.75) is 53.9 Å². The van der Waals surface area contributed by atoms with Gasteiger partial charge in [-0.25, -0.2) is 0 Å². The fourth-order valence-corrected chi connectivity index (χ4v) is 9.00. The molecule has 336 valence electrons. The quantitative estimate of drug-likeness (QED) is 0.176. The van der Waals surface area contributed by atoms with E-state index in [2.05, 4.69) is 36.4 Å². The van der Waals surface area contributed by atoms with Crippen LogP contribution >= 0.6 is 0 Å². The van der Waals surface area contributed by atoms with Crippen LogP contribution in [0.1, 0.15) is 27.7 Å². The third-order valence-corrected chi connectivity index (χ3v) is 12.8. The molecule has 0 atom stereocenters. The van der Waals surface area contributed by atoms with Gasteiger partial charge in [0.05, 0.1) is 0 Å². The van der Waals surface area contributed by atoms with Crippen molar-refractivity contribution >= 4 is 86.7 Å². The molecule has 16 bridgehead atoms. The standard InChI is InChI=1S/C60H52N4O4/c1-5-61-53-31-23-41(24-32-53)49-11-9-12-50(39-49)42-25-35-55(36-26-42)63(7-3)59(67)47-19-21-48(22-20-47)60(68)64(8-4)56-37-29-44(30-38-56)52-14-10-13-51(40-52)43-27-33-54(34-28-43)62(6-2)58(66)46-17-15-45(16-18-46)57(61)65/h9-40H,5-8H2,1-4H3. The Morgan fingerprint density at radius 2 is 0.412 bits per heavy atom. The van der Waals surface area contributed by atoms with Crippen molar-refractivity contribution in [2.75, 3.05) is 0 Å². The zero-order valence-corrected chi connectivity index (χ0v) is 38.7. The first kappa shape index (κ1) is 44.8. The molecule has 68 heavy (non-hydrogen) atoms. The van der Waals surface area contributed by atoms with Crippen LogP contribution in [0.15, 0.2) is 213 Å². The van der Waals surface area contributed by atoms with Crippen molar-refractivity contribution in [3.63, 3.8) is 0 Å². The van der Waals surface area contributed by atoms with Crippen molar-refractivity contribution in [2.24, 2.45) is 0 Å². The lowest BCUT2D eigenvalue weighted by Gasteiger charge is -2.05. The summed E-state index contributed by atoms with van der Waals surface area (Å²) in [5.41, 5.74) is 2.50. The number of hydrogen-bond acceptors (Lipinski definition) is 4. The smallest absolute Gasteiger partial charge is 0.258 e. The Balaban J connectivity index is 1.26. The summed E-state index contributed by atoms with van der Waals surface area (Å²) < 4.78 is 6.95. The topological polar surface area (TPSA) is 88.0 Å². The predicted octanol–water partition coefficient (Wildman–Crippen LogP) is 12.7. The molecule has 8 nitrogen and oxygen atoms in total. The summed E-state index contributed by atoms with van der Waals surface area (Å²) in [7, 11) is 0. The fraction of sp³-hybridized carbons (Fsp3) is 0.133. The van der Waals surface area contributed by atoms with Crippen molar-refractivity contribution < 1.29 is 0 Å². The van der Waals surface area contributed by atoms with E-state index in [-0.39, 0.29) is 22.2 Å². The molecule has 18 aromatic rings. The number of rotatable bonds is 4. The number of aryl methyl sites for hydroxylation is 4. The van der Waals surface area contributed by atoms with Gasteiger partial charge in [0.1, 0.15) is 0 Å². The van der Waals surface area contributed by atoms with E-state index in [1.807, 2.05) is 137 Å². The number of benzene rings is 8. The molecule has 0 aliphatic carbocycles.